The smallest absolute Gasteiger partial charge is 0.352 e. The first-order valence-electron chi connectivity index (χ1n) is 7.36. The van der Waals surface area contributed by atoms with Crippen LogP contribution in [0.15, 0.2) is 18.2 Å². The fourth-order valence-corrected chi connectivity index (χ4v) is 2.73. The summed E-state index contributed by atoms with van der Waals surface area (Å²) in [5.74, 6) is -6.66. The maximum atomic E-state index is 14.6. The van der Waals surface area contributed by atoms with Crippen LogP contribution in [0.2, 0.25) is 0 Å². The molecule has 1 rings (SSSR count). The Balaban J connectivity index is 3.20. The van der Waals surface area contributed by atoms with Gasteiger partial charge in [-0.2, -0.15) is 8.78 Å². The summed E-state index contributed by atoms with van der Waals surface area (Å²) in [6, 6.07) is 2.69. The predicted octanol–water partition coefficient (Wildman–Crippen LogP) is 3.12. The Labute approximate surface area is 143 Å². The first-order chi connectivity index (χ1) is 10.8. The van der Waals surface area contributed by atoms with Gasteiger partial charge in [-0.1, -0.05) is 12.1 Å². The molecule has 0 spiro atoms. The van der Waals surface area contributed by atoms with Crippen LogP contribution in [-0.2, 0) is 22.1 Å². The average molecular weight is 364 g/mol. The van der Waals surface area contributed by atoms with E-state index >= 15 is 0 Å². The van der Waals surface area contributed by atoms with Gasteiger partial charge in [-0.15, -0.1) is 4.72 Å². The molecule has 0 saturated carbocycles. The number of benzene rings is 1. The summed E-state index contributed by atoms with van der Waals surface area (Å²) in [6.45, 7) is 6.73. The summed E-state index contributed by atoms with van der Waals surface area (Å²) in [5, 5.41) is 0. The highest BCUT2D eigenvalue weighted by Gasteiger charge is 2.45. The third-order valence-corrected chi connectivity index (χ3v) is 5.03. The Hall–Kier alpha value is -1.25. The van der Waals surface area contributed by atoms with Gasteiger partial charge in [0.15, 0.2) is 0 Å². The van der Waals surface area contributed by atoms with Crippen molar-refractivity contribution in [3.63, 3.8) is 0 Å². The quantitative estimate of drug-likeness (QED) is 0.817. The highest BCUT2D eigenvalue weighted by atomic mass is 32.2. The number of alkyl halides is 2. The first kappa shape index (κ1) is 20.8. The molecule has 0 aliphatic carbocycles. The van der Waals surface area contributed by atoms with Crippen molar-refractivity contribution in [3.8, 4) is 0 Å². The molecule has 1 aromatic rings. The van der Waals surface area contributed by atoms with E-state index in [0.717, 1.165) is 6.07 Å². The van der Waals surface area contributed by atoms with E-state index in [1.54, 1.807) is 20.8 Å². The van der Waals surface area contributed by atoms with Gasteiger partial charge < -0.3 is 9.45 Å². The zero-order valence-corrected chi connectivity index (χ0v) is 15.4. The van der Waals surface area contributed by atoms with E-state index in [-0.39, 0.29) is 5.56 Å². The van der Waals surface area contributed by atoms with Crippen LogP contribution in [0.25, 0.3) is 0 Å². The molecule has 0 heterocycles. The van der Waals surface area contributed by atoms with Crippen molar-refractivity contribution in [1.29, 1.82) is 0 Å². The SMILES string of the molecule is C[C@@H](N[S@+]([O-])C(C)(C)C)c1cccc(C(F)(F)C(=O)N(C)C)c1F. The molecule has 136 valence electrons. The Morgan fingerprint density at radius 1 is 1.29 bits per heavy atom. The molecule has 0 aromatic heterocycles. The topological polar surface area (TPSA) is 55.4 Å². The molecule has 1 aromatic carbocycles. The third-order valence-electron chi connectivity index (χ3n) is 3.35. The van der Waals surface area contributed by atoms with Gasteiger partial charge in [-0.25, -0.2) is 4.39 Å². The lowest BCUT2D eigenvalue weighted by molar-refractivity contribution is -0.156. The molecule has 0 fully saturated rings. The number of nitrogens with one attached hydrogen (secondary N) is 1. The molecular formula is C16H23F3N2O2S. The van der Waals surface area contributed by atoms with Crippen LogP contribution < -0.4 is 4.72 Å². The van der Waals surface area contributed by atoms with E-state index in [2.05, 4.69) is 4.72 Å². The molecule has 0 aliphatic heterocycles. The number of amides is 1. The Kier molecular flexibility index (Phi) is 6.35. The monoisotopic (exact) mass is 364 g/mol. The summed E-state index contributed by atoms with van der Waals surface area (Å²) in [5.41, 5.74) is -1.06. The van der Waals surface area contributed by atoms with Crippen molar-refractivity contribution in [2.24, 2.45) is 0 Å². The van der Waals surface area contributed by atoms with Gasteiger partial charge in [0.25, 0.3) is 5.91 Å². The van der Waals surface area contributed by atoms with E-state index in [9.17, 15) is 22.5 Å². The van der Waals surface area contributed by atoms with Gasteiger partial charge >= 0.3 is 5.92 Å². The van der Waals surface area contributed by atoms with Crippen molar-refractivity contribution >= 4 is 17.3 Å². The number of rotatable bonds is 5. The lowest BCUT2D eigenvalue weighted by atomic mass is 10.00. The van der Waals surface area contributed by atoms with Crippen molar-refractivity contribution < 1.29 is 22.5 Å². The fourth-order valence-electron chi connectivity index (χ4n) is 1.92. The number of nitrogens with zero attached hydrogens (tertiary/aromatic N) is 1. The summed E-state index contributed by atoms with van der Waals surface area (Å²) < 4.78 is 57.3. The maximum absolute atomic E-state index is 14.6. The molecule has 0 saturated heterocycles. The minimum Gasteiger partial charge on any atom is -0.598 e. The Morgan fingerprint density at radius 3 is 2.29 bits per heavy atom. The zero-order chi connectivity index (χ0) is 18.9. The molecule has 1 N–H and O–H groups in total. The van der Waals surface area contributed by atoms with Crippen molar-refractivity contribution in [1.82, 2.24) is 9.62 Å². The summed E-state index contributed by atoms with van der Waals surface area (Å²) in [6.07, 6.45) is 0. The van der Waals surface area contributed by atoms with Crippen molar-refractivity contribution in [2.75, 3.05) is 14.1 Å². The van der Waals surface area contributed by atoms with E-state index < -0.39 is 45.4 Å². The molecular weight excluding hydrogens is 341 g/mol. The van der Waals surface area contributed by atoms with Gasteiger partial charge in [0, 0.05) is 31.0 Å². The third kappa shape index (κ3) is 4.43. The number of carbonyl (C=O) groups excluding carboxylic acids is 1. The lowest BCUT2D eigenvalue weighted by Crippen LogP contribution is -2.41. The summed E-state index contributed by atoms with van der Waals surface area (Å²) in [4.78, 5) is 12.4. The van der Waals surface area contributed by atoms with Gasteiger partial charge in [0.1, 0.15) is 10.6 Å². The highest BCUT2D eigenvalue weighted by molar-refractivity contribution is 7.90. The highest BCUT2D eigenvalue weighted by Crippen LogP contribution is 2.34. The lowest BCUT2D eigenvalue weighted by Gasteiger charge is -2.27. The summed E-state index contributed by atoms with van der Waals surface area (Å²) in [7, 11) is 2.35. The van der Waals surface area contributed by atoms with Crippen LogP contribution in [0.3, 0.4) is 0 Å². The van der Waals surface area contributed by atoms with Crippen molar-refractivity contribution in [3.05, 3.63) is 35.1 Å². The van der Waals surface area contributed by atoms with Crippen LogP contribution in [0.1, 0.15) is 44.9 Å². The number of carbonyl (C=O) groups is 1. The average Bonchev–Trinajstić information content (AvgIpc) is 2.44. The molecule has 0 bridgehead atoms. The Bertz CT molecular complexity index is 603. The fraction of sp³-hybridized carbons (Fsp3) is 0.562. The molecule has 1 amide bonds. The molecule has 24 heavy (non-hydrogen) atoms. The standard InChI is InChI=1S/C16H23F3N2O2S/c1-10(20-24(23)15(2,3)4)11-8-7-9-12(13(11)17)16(18,19)14(22)21(5)6/h7-10,20H,1-6H3/t10-,24-/m1/s1. The number of hydrogen-bond acceptors (Lipinski definition) is 3. The molecule has 0 aliphatic rings. The maximum Gasteiger partial charge on any atom is 0.352 e. The summed E-state index contributed by atoms with van der Waals surface area (Å²) >= 11 is -1.50. The minimum atomic E-state index is -3.98. The van der Waals surface area contributed by atoms with Crippen LogP contribution in [-0.4, -0.2) is 34.2 Å². The van der Waals surface area contributed by atoms with Gasteiger partial charge in [-0.05, 0) is 33.8 Å². The minimum absolute atomic E-state index is 0.0728. The van der Waals surface area contributed by atoms with Gasteiger partial charge in [0.05, 0.1) is 11.6 Å². The van der Waals surface area contributed by atoms with E-state index in [0.29, 0.717) is 4.90 Å². The van der Waals surface area contributed by atoms with Gasteiger partial charge in [0.2, 0.25) is 0 Å². The van der Waals surface area contributed by atoms with Crippen molar-refractivity contribution in [2.45, 2.75) is 44.4 Å². The molecule has 0 radical (unpaired) electrons. The molecule has 4 nitrogen and oxygen atoms in total. The van der Waals surface area contributed by atoms with E-state index in [1.807, 2.05) is 0 Å². The second kappa shape index (κ2) is 7.33. The second-order valence-electron chi connectivity index (χ2n) is 6.70. The van der Waals surface area contributed by atoms with E-state index in [4.69, 9.17) is 0 Å². The van der Waals surface area contributed by atoms with Crippen LogP contribution in [0, 0.1) is 5.82 Å². The van der Waals surface area contributed by atoms with Crippen LogP contribution in [0.4, 0.5) is 13.2 Å². The first-order valence-corrected chi connectivity index (χ1v) is 8.51. The second-order valence-corrected chi connectivity index (χ2v) is 8.70. The normalized spacial score (nSPS) is 15.1. The Morgan fingerprint density at radius 2 is 1.83 bits per heavy atom. The van der Waals surface area contributed by atoms with E-state index in [1.165, 1.54) is 33.2 Å². The molecule has 2 atom stereocenters. The number of likely N-dealkylation sites (N-methyl/N-ethyl adjacent to an activating group) is 1. The number of halogens is 3. The zero-order valence-electron chi connectivity index (χ0n) is 14.6. The largest absolute Gasteiger partial charge is 0.598 e. The van der Waals surface area contributed by atoms with Gasteiger partial charge in [-0.3, -0.25) is 4.79 Å². The molecule has 8 heteroatoms. The van der Waals surface area contributed by atoms with Crippen LogP contribution in [0.5, 0.6) is 0 Å². The number of hydrogen-bond donors (Lipinski definition) is 1. The predicted molar refractivity (Wildman–Crippen MR) is 88.4 cm³/mol. The molecule has 0 unspecified atom stereocenters. The van der Waals surface area contributed by atoms with Crippen LogP contribution >= 0.6 is 0 Å².